The van der Waals surface area contributed by atoms with Crippen LogP contribution in [0.3, 0.4) is 0 Å². The molecule has 4 aliphatic carbocycles. The highest BCUT2D eigenvalue weighted by atomic mass is 35.5. The fourth-order valence-corrected chi connectivity index (χ4v) is 6.28. The molecule has 146 valence electrons. The molecule has 0 heterocycles. The monoisotopic (exact) mass is 391 g/mol. The molecular weight excluding hydrogens is 366 g/mol. The van der Waals surface area contributed by atoms with Gasteiger partial charge in [-0.1, -0.05) is 11.6 Å². The summed E-state index contributed by atoms with van der Waals surface area (Å²) >= 11 is 5.82. The standard InChI is InChI=1S/C20H26ClN3O3/c21-16-1-2-17(18(8-16)24(26)27)22-3-4-23-19(25)12-20-9-13-5-14(10-20)7-15(6-13)11-20/h1-2,8,13-15,22H,3-7,9-12H2,(H,23,25). The van der Waals surface area contributed by atoms with Crippen molar-refractivity contribution in [1.82, 2.24) is 5.32 Å². The molecule has 0 spiro atoms. The van der Waals surface area contributed by atoms with E-state index in [-0.39, 0.29) is 17.0 Å². The fourth-order valence-electron chi connectivity index (χ4n) is 6.11. The van der Waals surface area contributed by atoms with E-state index < -0.39 is 4.92 Å². The predicted molar refractivity (Wildman–Crippen MR) is 105 cm³/mol. The van der Waals surface area contributed by atoms with Gasteiger partial charge in [-0.2, -0.15) is 0 Å². The Labute approximate surface area is 164 Å². The van der Waals surface area contributed by atoms with Crippen molar-refractivity contribution in [1.29, 1.82) is 0 Å². The van der Waals surface area contributed by atoms with Gasteiger partial charge in [-0.25, -0.2) is 0 Å². The molecule has 4 fully saturated rings. The van der Waals surface area contributed by atoms with Crippen LogP contribution in [0.15, 0.2) is 18.2 Å². The lowest BCUT2D eigenvalue weighted by atomic mass is 9.49. The summed E-state index contributed by atoms with van der Waals surface area (Å²) in [6.07, 6.45) is 8.45. The van der Waals surface area contributed by atoms with Crippen LogP contribution in [0.2, 0.25) is 5.02 Å². The van der Waals surface area contributed by atoms with Crippen LogP contribution in [-0.2, 0) is 4.79 Å². The third-order valence-electron chi connectivity index (χ3n) is 6.62. The maximum atomic E-state index is 12.5. The van der Waals surface area contributed by atoms with E-state index in [0.29, 0.717) is 30.2 Å². The smallest absolute Gasteiger partial charge is 0.293 e. The third-order valence-corrected chi connectivity index (χ3v) is 6.85. The molecule has 7 heteroatoms. The lowest BCUT2D eigenvalue weighted by Crippen LogP contribution is -2.48. The molecule has 1 amide bonds. The second-order valence-corrected chi connectivity index (χ2v) is 9.23. The maximum Gasteiger partial charge on any atom is 0.293 e. The first-order valence-corrected chi connectivity index (χ1v) is 10.2. The molecule has 4 saturated carbocycles. The van der Waals surface area contributed by atoms with E-state index in [4.69, 9.17) is 11.6 Å². The molecule has 0 aromatic heterocycles. The van der Waals surface area contributed by atoms with Gasteiger partial charge in [0.2, 0.25) is 5.91 Å². The first-order chi connectivity index (χ1) is 12.9. The first kappa shape index (κ1) is 18.5. The second-order valence-electron chi connectivity index (χ2n) is 8.79. The summed E-state index contributed by atoms with van der Waals surface area (Å²) < 4.78 is 0. The summed E-state index contributed by atoms with van der Waals surface area (Å²) in [6.45, 7) is 0.889. The van der Waals surface area contributed by atoms with Crippen LogP contribution in [0.1, 0.15) is 44.9 Å². The summed E-state index contributed by atoms with van der Waals surface area (Å²) in [4.78, 5) is 23.1. The van der Waals surface area contributed by atoms with Crippen molar-refractivity contribution >= 4 is 28.9 Å². The van der Waals surface area contributed by atoms with Crippen molar-refractivity contribution in [3.63, 3.8) is 0 Å². The van der Waals surface area contributed by atoms with Gasteiger partial charge in [-0.3, -0.25) is 14.9 Å². The zero-order valence-corrected chi connectivity index (χ0v) is 16.1. The van der Waals surface area contributed by atoms with Gasteiger partial charge in [0.1, 0.15) is 5.69 Å². The van der Waals surface area contributed by atoms with Crippen LogP contribution >= 0.6 is 11.6 Å². The molecule has 0 atom stereocenters. The number of anilines is 1. The van der Waals surface area contributed by atoms with E-state index in [1.54, 1.807) is 12.1 Å². The predicted octanol–water partition coefficient (Wildman–Crippen LogP) is 4.38. The van der Waals surface area contributed by atoms with E-state index in [1.165, 1.54) is 44.6 Å². The number of nitrogens with zero attached hydrogens (tertiary/aromatic N) is 1. The van der Waals surface area contributed by atoms with E-state index in [9.17, 15) is 14.9 Å². The Balaban J connectivity index is 1.26. The topological polar surface area (TPSA) is 84.3 Å². The molecule has 0 radical (unpaired) electrons. The van der Waals surface area contributed by atoms with Crippen LogP contribution in [0, 0.1) is 33.3 Å². The fraction of sp³-hybridized carbons (Fsp3) is 0.650. The quantitative estimate of drug-likeness (QED) is 0.410. The molecule has 2 N–H and O–H groups in total. The number of halogens is 1. The highest BCUT2D eigenvalue weighted by Crippen LogP contribution is 2.61. The average molecular weight is 392 g/mol. The number of benzene rings is 1. The molecule has 1 aromatic carbocycles. The number of rotatable bonds is 7. The zero-order chi connectivity index (χ0) is 19.0. The summed E-state index contributed by atoms with van der Waals surface area (Å²) in [7, 11) is 0. The average Bonchev–Trinajstić information content (AvgIpc) is 2.58. The molecule has 27 heavy (non-hydrogen) atoms. The van der Waals surface area contributed by atoms with Crippen molar-refractivity contribution in [3.8, 4) is 0 Å². The molecular formula is C20H26ClN3O3. The summed E-state index contributed by atoms with van der Waals surface area (Å²) in [6, 6.07) is 4.54. The van der Waals surface area contributed by atoms with Gasteiger partial charge >= 0.3 is 0 Å². The van der Waals surface area contributed by atoms with Crippen molar-refractivity contribution in [2.24, 2.45) is 23.2 Å². The van der Waals surface area contributed by atoms with Crippen molar-refractivity contribution in [2.45, 2.75) is 44.9 Å². The molecule has 4 aliphatic rings. The summed E-state index contributed by atoms with van der Waals surface area (Å²) in [5.74, 6) is 2.65. The van der Waals surface area contributed by atoms with Crippen LogP contribution < -0.4 is 10.6 Å². The molecule has 5 rings (SSSR count). The van der Waals surface area contributed by atoms with Gasteiger partial charge in [0.15, 0.2) is 0 Å². The Bertz CT molecular complexity index is 717. The van der Waals surface area contributed by atoms with E-state index in [0.717, 1.165) is 17.8 Å². The Morgan fingerprint density at radius 3 is 2.37 bits per heavy atom. The molecule has 1 aromatic rings. The summed E-state index contributed by atoms with van der Waals surface area (Å²) in [5.41, 5.74) is 0.600. The van der Waals surface area contributed by atoms with Gasteiger partial charge in [0.05, 0.1) is 4.92 Å². The van der Waals surface area contributed by atoms with Gasteiger partial charge < -0.3 is 10.6 Å². The number of amides is 1. The van der Waals surface area contributed by atoms with Crippen LogP contribution in [0.25, 0.3) is 0 Å². The normalized spacial score (nSPS) is 30.9. The number of hydrogen-bond donors (Lipinski definition) is 2. The highest BCUT2D eigenvalue weighted by molar-refractivity contribution is 6.30. The summed E-state index contributed by atoms with van der Waals surface area (Å²) in [5, 5.41) is 17.4. The number of nitro groups is 1. The van der Waals surface area contributed by atoms with Crippen molar-refractivity contribution < 1.29 is 9.72 Å². The van der Waals surface area contributed by atoms with Crippen molar-refractivity contribution in [3.05, 3.63) is 33.3 Å². The second kappa shape index (κ2) is 7.30. The van der Waals surface area contributed by atoms with Crippen LogP contribution in [0.5, 0.6) is 0 Å². The van der Waals surface area contributed by atoms with Gasteiger partial charge in [-0.05, 0) is 73.8 Å². The molecule has 6 nitrogen and oxygen atoms in total. The molecule has 4 bridgehead atoms. The van der Waals surface area contributed by atoms with Gasteiger partial charge in [-0.15, -0.1) is 0 Å². The minimum absolute atomic E-state index is 0.0533. The lowest BCUT2D eigenvalue weighted by Gasteiger charge is -2.56. The SMILES string of the molecule is O=C(CC12CC3CC(CC(C3)C1)C2)NCCNc1ccc(Cl)cc1[N+](=O)[O-]. The zero-order valence-electron chi connectivity index (χ0n) is 15.4. The molecule has 0 saturated heterocycles. The van der Waals surface area contributed by atoms with Gasteiger partial charge in [0, 0.05) is 30.6 Å². The third kappa shape index (κ3) is 4.05. The van der Waals surface area contributed by atoms with Crippen LogP contribution in [0.4, 0.5) is 11.4 Å². The Kier molecular flexibility index (Phi) is 5.01. The van der Waals surface area contributed by atoms with Crippen LogP contribution in [-0.4, -0.2) is 23.9 Å². The van der Waals surface area contributed by atoms with Gasteiger partial charge in [0.25, 0.3) is 5.69 Å². The number of hydrogen-bond acceptors (Lipinski definition) is 4. The van der Waals surface area contributed by atoms with Crippen molar-refractivity contribution in [2.75, 3.05) is 18.4 Å². The first-order valence-electron chi connectivity index (χ1n) is 9.87. The highest BCUT2D eigenvalue weighted by Gasteiger charge is 2.51. The van der Waals surface area contributed by atoms with E-state index in [2.05, 4.69) is 10.6 Å². The number of nitro benzene ring substituents is 1. The molecule has 0 unspecified atom stereocenters. The number of carbonyl (C=O) groups is 1. The minimum Gasteiger partial charge on any atom is -0.378 e. The molecule has 0 aliphatic heterocycles. The Morgan fingerprint density at radius 2 is 1.78 bits per heavy atom. The lowest BCUT2D eigenvalue weighted by molar-refractivity contribution is -0.383. The Hall–Kier alpha value is -1.82. The largest absolute Gasteiger partial charge is 0.378 e. The van der Waals surface area contributed by atoms with E-state index in [1.807, 2.05) is 0 Å². The minimum atomic E-state index is -0.458. The van der Waals surface area contributed by atoms with E-state index >= 15 is 0 Å². The number of carbonyl (C=O) groups excluding carboxylic acids is 1. The maximum absolute atomic E-state index is 12.5. The Morgan fingerprint density at radius 1 is 1.15 bits per heavy atom. The number of nitrogens with one attached hydrogen (secondary N) is 2.